The zero-order chi connectivity index (χ0) is 19.2. The van der Waals surface area contributed by atoms with Gasteiger partial charge in [0.1, 0.15) is 5.82 Å². The summed E-state index contributed by atoms with van der Waals surface area (Å²) < 4.78 is 24.2. The molecule has 0 fully saturated rings. The molecule has 0 radical (unpaired) electrons. The molecular weight excluding hydrogens is 368 g/mol. The Kier molecular flexibility index (Phi) is 4.05. The van der Waals surface area contributed by atoms with Gasteiger partial charge in [0, 0.05) is 24.2 Å². The molecule has 0 aliphatic carbocycles. The third-order valence-corrected chi connectivity index (χ3v) is 5.45. The molecule has 2 aromatic carbocycles. The average Bonchev–Trinajstić information content (AvgIpc) is 3.10. The highest BCUT2D eigenvalue weighted by atomic mass is 32.2. The molecule has 1 amide bonds. The number of primary sulfonamides is 1. The van der Waals surface area contributed by atoms with Gasteiger partial charge in [0.25, 0.3) is 11.5 Å². The van der Waals surface area contributed by atoms with Crippen LogP contribution in [-0.2, 0) is 23.0 Å². The van der Waals surface area contributed by atoms with Crippen LogP contribution in [0.3, 0.4) is 0 Å². The van der Waals surface area contributed by atoms with Gasteiger partial charge in [0.2, 0.25) is 10.0 Å². The molecule has 8 nitrogen and oxygen atoms in total. The summed E-state index contributed by atoms with van der Waals surface area (Å²) in [5, 5.41) is 8.22. The number of benzene rings is 2. The van der Waals surface area contributed by atoms with Crippen molar-refractivity contribution in [1.29, 1.82) is 0 Å². The van der Waals surface area contributed by atoms with Crippen LogP contribution in [-0.4, -0.2) is 23.9 Å². The first kappa shape index (κ1) is 17.4. The van der Waals surface area contributed by atoms with Crippen molar-refractivity contribution >= 4 is 32.5 Å². The lowest BCUT2D eigenvalue weighted by Crippen LogP contribution is -2.21. The molecule has 0 unspecified atom stereocenters. The van der Waals surface area contributed by atoms with E-state index in [0.717, 1.165) is 18.7 Å². The highest BCUT2D eigenvalue weighted by molar-refractivity contribution is 7.89. The zero-order valence-corrected chi connectivity index (χ0v) is 15.0. The van der Waals surface area contributed by atoms with Gasteiger partial charge < -0.3 is 5.32 Å². The van der Waals surface area contributed by atoms with Crippen molar-refractivity contribution in [2.45, 2.75) is 24.3 Å². The molecule has 1 aliphatic heterocycles. The summed E-state index contributed by atoms with van der Waals surface area (Å²) in [5.41, 5.74) is 1.19. The van der Waals surface area contributed by atoms with Crippen LogP contribution in [0.5, 0.6) is 0 Å². The molecule has 4 rings (SSSR count). The first-order valence-corrected chi connectivity index (χ1v) is 9.85. The molecule has 0 bridgehead atoms. The number of carbonyl (C=O) groups excluding carboxylic acids is 1. The maximum Gasteiger partial charge on any atom is 0.261 e. The van der Waals surface area contributed by atoms with Crippen LogP contribution >= 0.6 is 0 Å². The van der Waals surface area contributed by atoms with Gasteiger partial charge in [-0.3, -0.25) is 14.2 Å². The van der Waals surface area contributed by atoms with Gasteiger partial charge in [-0.1, -0.05) is 0 Å². The van der Waals surface area contributed by atoms with Crippen molar-refractivity contribution in [3.05, 3.63) is 64.2 Å². The second kappa shape index (κ2) is 6.29. The van der Waals surface area contributed by atoms with Crippen LogP contribution in [0.25, 0.3) is 10.9 Å². The second-order valence-electron chi connectivity index (χ2n) is 6.34. The monoisotopic (exact) mass is 384 g/mol. The molecular formula is C18H16N4O4S. The third kappa shape index (κ3) is 3.22. The number of anilines is 1. The van der Waals surface area contributed by atoms with E-state index in [1.54, 1.807) is 22.8 Å². The summed E-state index contributed by atoms with van der Waals surface area (Å²) in [6.45, 7) is 0.674. The summed E-state index contributed by atoms with van der Waals surface area (Å²) in [7, 11) is -3.79. The number of sulfonamides is 1. The van der Waals surface area contributed by atoms with Crippen LogP contribution < -0.4 is 16.0 Å². The van der Waals surface area contributed by atoms with Crippen molar-refractivity contribution in [2.24, 2.45) is 5.14 Å². The van der Waals surface area contributed by atoms with E-state index in [4.69, 9.17) is 5.14 Å². The molecule has 3 aromatic rings. The van der Waals surface area contributed by atoms with E-state index in [2.05, 4.69) is 10.3 Å². The number of nitrogens with two attached hydrogens (primary N) is 1. The molecule has 0 saturated carbocycles. The van der Waals surface area contributed by atoms with E-state index < -0.39 is 10.0 Å². The number of fused-ring (bicyclic) bond motifs is 2. The van der Waals surface area contributed by atoms with Crippen LogP contribution in [0.1, 0.15) is 22.6 Å². The predicted octanol–water partition coefficient (Wildman–Crippen LogP) is 1.24. The SMILES string of the molecule is NS(=O)(=O)c1ccc(NC(=O)c2ccc3c(=O)n4c(nc3c2)CCC4)cc1. The highest BCUT2D eigenvalue weighted by Crippen LogP contribution is 2.18. The number of rotatable bonds is 3. The number of nitrogens with one attached hydrogen (secondary N) is 1. The third-order valence-electron chi connectivity index (χ3n) is 4.52. The minimum atomic E-state index is -3.79. The van der Waals surface area contributed by atoms with Gasteiger partial charge in [-0.05, 0) is 48.9 Å². The minimum Gasteiger partial charge on any atom is -0.322 e. The average molecular weight is 384 g/mol. The predicted molar refractivity (Wildman–Crippen MR) is 100 cm³/mol. The Bertz CT molecular complexity index is 1230. The van der Waals surface area contributed by atoms with Crippen molar-refractivity contribution < 1.29 is 13.2 Å². The largest absolute Gasteiger partial charge is 0.322 e. The smallest absolute Gasteiger partial charge is 0.261 e. The van der Waals surface area contributed by atoms with Crippen LogP contribution in [0.2, 0.25) is 0 Å². The normalized spacial score (nSPS) is 13.5. The van der Waals surface area contributed by atoms with E-state index in [-0.39, 0.29) is 16.4 Å². The standard InChI is InChI=1S/C18H16N4O4S/c19-27(25,26)13-6-4-12(5-7-13)20-17(23)11-3-8-14-15(10-11)21-16-2-1-9-22(16)18(14)24/h3-8,10H,1-2,9H2,(H,20,23)(H2,19,25,26). The molecule has 0 atom stereocenters. The summed E-state index contributed by atoms with van der Waals surface area (Å²) in [4.78, 5) is 29.4. The zero-order valence-electron chi connectivity index (χ0n) is 14.2. The molecule has 138 valence electrons. The lowest BCUT2D eigenvalue weighted by atomic mass is 10.1. The maximum absolute atomic E-state index is 12.5. The molecule has 0 spiro atoms. The fraction of sp³-hybridized carbons (Fsp3) is 0.167. The number of hydrogen-bond acceptors (Lipinski definition) is 5. The molecule has 1 aromatic heterocycles. The fourth-order valence-electron chi connectivity index (χ4n) is 3.16. The number of nitrogens with zero attached hydrogens (tertiary/aromatic N) is 2. The van der Waals surface area contributed by atoms with Gasteiger partial charge in [-0.25, -0.2) is 18.5 Å². The van der Waals surface area contributed by atoms with Gasteiger partial charge in [0.15, 0.2) is 0 Å². The number of hydrogen-bond donors (Lipinski definition) is 2. The topological polar surface area (TPSA) is 124 Å². The van der Waals surface area contributed by atoms with E-state index in [1.165, 1.54) is 24.3 Å². The fourth-order valence-corrected chi connectivity index (χ4v) is 3.67. The van der Waals surface area contributed by atoms with Crippen molar-refractivity contribution in [2.75, 3.05) is 5.32 Å². The lowest BCUT2D eigenvalue weighted by molar-refractivity contribution is 0.102. The Morgan fingerprint density at radius 3 is 2.59 bits per heavy atom. The molecule has 9 heteroatoms. The van der Waals surface area contributed by atoms with E-state index in [9.17, 15) is 18.0 Å². The molecule has 0 saturated heterocycles. The highest BCUT2D eigenvalue weighted by Gasteiger charge is 2.17. The minimum absolute atomic E-state index is 0.0373. The van der Waals surface area contributed by atoms with Crippen molar-refractivity contribution in [3.63, 3.8) is 0 Å². The lowest BCUT2D eigenvalue weighted by Gasteiger charge is -2.08. The molecule has 27 heavy (non-hydrogen) atoms. The number of amides is 1. The van der Waals surface area contributed by atoms with Gasteiger partial charge >= 0.3 is 0 Å². The van der Waals surface area contributed by atoms with Gasteiger partial charge in [0.05, 0.1) is 15.8 Å². The van der Waals surface area contributed by atoms with E-state index >= 15 is 0 Å². The summed E-state index contributed by atoms with van der Waals surface area (Å²) in [5.74, 6) is 0.353. The number of aryl methyl sites for hydroxylation is 1. The van der Waals surface area contributed by atoms with Crippen LogP contribution in [0, 0.1) is 0 Å². The van der Waals surface area contributed by atoms with E-state index in [1.807, 2.05) is 0 Å². The Morgan fingerprint density at radius 2 is 1.89 bits per heavy atom. The summed E-state index contributed by atoms with van der Waals surface area (Å²) >= 11 is 0. The first-order chi connectivity index (χ1) is 12.8. The quantitative estimate of drug-likeness (QED) is 0.703. The van der Waals surface area contributed by atoms with Crippen molar-refractivity contribution in [1.82, 2.24) is 9.55 Å². The number of aromatic nitrogens is 2. The number of carbonyl (C=O) groups is 1. The molecule has 3 N–H and O–H groups in total. The maximum atomic E-state index is 12.5. The summed E-state index contributed by atoms with van der Waals surface area (Å²) in [6, 6.07) is 10.3. The Morgan fingerprint density at radius 1 is 1.15 bits per heavy atom. The van der Waals surface area contributed by atoms with Gasteiger partial charge in [-0.15, -0.1) is 0 Å². The van der Waals surface area contributed by atoms with Crippen LogP contribution in [0.15, 0.2) is 52.2 Å². The summed E-state index contributed by atoms with van der Waals surface area (Å²) in [6.07, 6.45) is 1.64. The second-order valence-corrected chi connectivity index (χ2v) is 7.91. The Labute approximate surface area is 154 Å². The Balaban J connectivity index is 1.63. The van der Waals surface area contributed by atoms with Crippen LogP contribution in [0.4, 0.5) is 5.69 Å². The van der Waals surface area contributed by atoms with E-state index in [0.29, 0.717) is 28.7 Å². The molecule has 1 aliphatic rings. The van der Waals surface area contributed by atoms with Crippen molar-refractivity contribution in [3.8, 4) is 0 Å². The Hall–Kier alpha value is -3.04. The first-order valence-electron chi connectivity index (χ1n) is 8.31. The van der Waals surface area contributed by atoms with Gasteiger partial charge in [-0.2, -0.15) is 0 Å². The molecule has 2 heterocycles.